The Kier molecular flexibility index (Phi) is 2.94. The lowest BCUT2D eigenvalue weighted by Gasteiger charge is -2.10. The standard InChI is InChI=1S/C12H6F3N3O2S/c13-12(14,15)5-4-6(7-2-1-3-21-7)16-9-8(5)10(19)18-11(20)17-9/h1-4H,(H2,16,17,18,19,20). The van der Waals surface area contributed by atoms with E-state index in [-0.39, 0.29) is 11.3 Å². The summed E-state index contributed by atoms with van der Waals surface area (Å²) in [6, 6.07) is 4.08. The van der Waals surface area contributed by atoms with E-state index < -0.39 is 28.4 Å². The minimum atomic E-state index is -4.74. The monoisotopic (exact) mass is 313 g/mol. The summed E-state index contributed by atoms with van der Waals surface area (Å²) in [4.78, 5) is 31.2. The minimum absolute atomic E-state index is 0.0473. The van der Waals surface area contributed by atoms with Gasteiger partial charge >= 0.3 is 11.9 Å². The van der Waals surface area contributed by atoms with Crippen LogP contribution in [0.1, 0.15) is 5.56 Å². The number of alkyl halides is 3. The molecule has 0 saturated heterocycles. The molecule has 3 rings (SSSR count). The Balaban J connectivity index is 2.46. The smallest absolute Gasteiger partial charge is 0.291 e. The number of hydrogen-bond acceptors (Lipinski definition) is 4. The van der Waals surface area contributed by atoms with Crippen LogP contribution in [0.3, 0.4) is 0 Å². The number of hydrogen-bond donors (Lipinski definition) is 2. The summed E-state index contributed by atoms with van der Waals surface area (Å²) in [6.07, 6.45) is -4.74. The zero-order chi connectivity index (χ0) is 15.2. The molecule has 0 radical (unpaired) electrons. The molecule has 5 nitrogen and oxygen atoms in total. The van der Waals surface area contributed by atoms with Crippen LogP contribution in [0.2, 0.25) is 0 Å². The van der Waals surface area contributed by atoms with Gasteiger partial charge in [0.2, 0.25) is 0 Å². The Labute approximate surface area is 118 Å². The Morgan fingerprint density at radius 1 is 1.19 bits per heavy atom. The molecule has 0 aliphatic carbocycles. The topological polar surface area (TPSA) is 78.6 Å². The minimum Gasteiger partial charge on any atom is -0.291 e. The van der Waals surface area contributed by atoms with Gasteiger partial charge in [-0.25, -0.2) is 9.78 Å². The lowest BCUT2D eigenvalue weighted by Crippen LogP contribution is -2.25. The molecule has 3 aromatic rings. The van der Waals surface area contributed by atoms with E-state index in [4.69, 9.17) is 0 Å². The highest BCUT2D eigenvalue weighted by Gasteiger charge is 2.35. The van der Waals surface area contributed by atoms with E-state index in [2.05, 4.69) is 9.97 Å². The van der Waals surface area contributed by atoms with E-state index in [1.807, 2.05) is 0 Å². The number of aromatic amines is 2. The molecule has 0 amide bonds. The van der Waals surface area contributed by atoms with Crippen LogP contribution in [0, 0.1) is 0 Å². The highest BCUT2D eigenvalue weighted by Crippen LogP contribution is 2.35. The third-order valence-electron chi connectivity index (χ3n) is 2.78. The Morgan fingerprint density at radius 3 is 2.57 bits per heavy atom. The highest BCUT2D eigenvalue weighted by molar-refractivity contribution is 7.13. The van der Waals surface area contributed by atoms with Crippen molar-refractivity contribution in [2.24, 2.45) is 0 Å². The van der Waals surface area contributed by atoms with Gasteiger partial charge in [-0.15, -0.1) is 11.3 Å². The number of nitrogens with zero attached hydrogens (tertiary/aromatic N) is 1. The summed E-state index contributed by atoms with van der Waals surface area (Å²) in [6.45, 7) is 0. The van der Waals surface area contributed by atoms with Crippen LogP contribution in [0.4, 0.5) is 13.2 Å². The van der Waals surface area contributed by atoms with Crippen molar-refractivity contribution in [2.45, 2.75) is 6.18 Å². The maximum atomic E-state index is 13.2. The van der Waals surface area contributed by atoms with Gasteiger partial charge in [-0.2, -0.15) is 13.2 Å². The molecule has 3 aromatic heterocycles. The number of pyridine rings is 1. The van der Waals surface area contributed by atoms with E-state index >= 15 is 0 Å². The van der Waals surface area contributed by atoms with Crippen LogP contribution in [-0.2, 0) is 6.18 Å². The van der Waals surface area contributed by atoms with Crippen LogP contribution < -0.4 is 11.2 Å². The SMILES string of the molecule is O=c1[nH]c(=O)c2c(C(F)(F)F)cc(-c3cccs3)nc2[nH]1. The predicted molar refractivity (Wildman–Crippen MR) is 71.3 cm³/mol. The second-order valence-electron chi connectivity index (χ2n) is 4.16. The van der Waals surface area contributed by atoms with Crippen molar-refractivity contribution in [3.8, 4) is 10.6 Å². The first-order chi connectivity index (χ1) is 9.86. The van der Waals surface area contributed by atoms with Crippen molar-refractivity contribution in [2.75, 3.05) is 0 Å². The van der Waals surface area contributed by atoms with E-state index in [9.17, 15) is 22.8 Å². The average molecular weight is 313 g/mol. The number of rotatable bonds is 1. The molecule has 0 aliphatic rings. The first-order valence-corrected chi connectivity index (χ1v) is 6.52. The fourth-order valence-corrected chi connectivity index (χ4v) is 2.63. The molecule has 0 bridgehead atoms. The molecule has 0 atom stereocenters. The van der Waals surface area contributed by atoms with Crippen molar-refractivity contribution in [3.05, 3.63) is 50.0 Å². The van der Waals surface area contributed by atoms with E-state index in [0.717, 1.165) is 6.07 Å². The molecule has 0 fully saturated rings. The van der Waals surface area contributed by atoms with Crippen molar-refractivity contribution >= 4 is 22.4 Å². The lowest BCUT2D eigenvalue weighted by atomic mass is 10.1. The zero-order valence-corrected chi connectivity index (χ0v) is 10.9. The molecule has 0 aromatic carbocycles. The largest absolute Gasteiger partial charge is 0.417 e. The Hall–Kier alpha value is -2.42. The quantitative estimate of drug-likeness (QED) is 0.724. The molecular formula is C12H6F3N3O2S. The number of H-pyrrole nitrogens is 2. The second-order valence-corrected chi connectivity index (χ2v) is 5.11. The molecular weight excluding hydrogens is 307 g/mol. The Bertz CT molecular complexity index is 926. The van der Waals surface area contributed by atoms with Crippen molar-refractivity contribution in [1.82, 2.24) is 15.0 Å². The number of nitrogens with one attached hydrogen (secondary N) is 2. The van der Waals surface area contributed by atoms with Crippen LogP contribution in [0.25, 0.3) is 21.6 Å². The summed E-state index contributed by atoms with van der Waals surface area (Å²) in [7, 11) is 0. The van der Waals surface area contributed by atoms with Gasteiger partial charge in [0.15, 0.2) is 0 Å². The normalized spacial score (nSPS) is 12.0. The van der Waals surface area contributed by atoms with Gasteiger partial charge in [-0.05, 0) is 17.5 Å². The van der Waals surface area contributed by atoms with Crippen LogP contribution in [-0.4, -0.2) is 15.0 Å². The maximum Gasteiger partial charge on any atom is 0.417 e. The van der Waals surface area contributed by atoms with E-state index in [1.165, 1.54) is 11.3 Å². The highest BCUT2D eigenvalue weighted by atomic mass is 32.1. The van der Waals surface area contributed by atoms with Crippen molar-refractivity contribution in [3.63, 3.8) is 0 Å². The molecule has 0 spiro atoms. The summed E-state index contributed by atoms with van der Waals surface area (Å²) < 4.78 is 39.5. The zero-order valence-electron chi connectivity index (χ0n) is 10.1. The summed E-state index contributed by atoms with van der Waals surface area (Å²) in [5.41, 5.74) is -3.50. The molecule has 0 unspecified atom stereocenters. The maximum absolute atomic E-state index is 13.2. The third kappa shape index (κ3) is 2.35. The molecule has 108 valence electrons. The van der Waals surface area contributed by atoms with E-state index in [1.54, 1.807) is 22.5 Å². The summed E-state index contributed by atoms with van der Waals surface area (Å²) in [5, 5.41) is 1.01. The lowest BCUT2D eigenvalue weighted by molar-refractivity contribution is -0.136. The first-order valence-electron chi connectivity index (χ1n) is 5.64. The van der Waals surface area contributed by atoms with Crippen LogP contribution in [0.15, 0.2) is 33.2 Å². The van der Waals surface area contributed by atoms with Gasteiger partial charge in [-0.3, -0.25) is 14.8 Å². The van der Waals surface area contributed by atoms with Crippen LogP contribution >= 0.6 is 11.3 Å². The third-order valence-corrected chi connectivity index (χ3v) is 3.68. The van der Waals surface area contributed by atoms with Gasteiger partial charge < -0.3 is 0 Å². The predicted octanol–water partition coefficient (Wildman–Crippen LogP) is 2.36. The number of aromatic nitrogens is 3. The molecule has 2 N–H and O–H groups in total. The fraction of sp³-hybridized carbons (Fsp3) is 0.0833. The van der Waals surface area contributed by atoms with Crippen molar-refractivity contribution in [1.29, 1.82) is 0 Å². The number of fused-ring (bicyclic) bond motifs is 1. The van der Waals surface area contributed by atoms with Crippen LogP contribution in [0.5, 0.6) is 0 Å². The molecule has 9 heteroatoms. The van der Waals surface area contributed by atoms with Crippen molar-refractivity contribution < 1.29 is 13.2 Å². The molecule has 0 aliphatic heterocycles. The number of halogens is 3. The Morgan fingerprint density at radius 2 is 1.95 bits per heavy atom. The van der Waals surface area contributed by atoms with Gasteiger partial charge in [0.05, 0.1) is 21.5 Å². The summed E-state index contributed by atoms with van der Waals surface area (Å²) >= 11 is 1.20. The molecule has 21 heavy (non-hydrogen) atoms. The average Bonchev–Trinajstić information content (AvgIpc) is 2.89. The van der Waals surface area contributed by atoms with Gasteiger partial charge in [0, 0.05) is 0 Å². The second kappa shape index (κ2) is 4.55. The van der Waals surface area contributed by atoms with E-state index in [0.29, 0.717) is 4.88 Å². The first kappa shape index (κ1) is 13.6. The molecule has 0 saturated carbocycles. The fourth-order valence-electron chi connectivity index (χ4n) is 1.94. The summed E-state index contributed by atoms with van der Waals surface area (Å²) in [5.74, 6) is 0. The van der Waals surface area contributed by atoms with Gasteiger partial charge in [-0.1, -0.05) is 6.07 Å². The molecule has 3 heterocycles. The number of thiophene rings is 1. The van der Waals surface area contributed by atoms with Gasteiger partial charge in [0.1, 0.15) is 5.65 Å². The van der Waals surface area contributed by atoms with Gasteiger partial charge in [0.25, 0.3) is 5.56 Å².